The lowest BCUT2D eigenvalue weighted by atomic mass is 10.1. The highest BCUT2D eigenvalue weighted by Crippen LogP contribution is 2.03. The second-order valence-corrected chi connectivity index (χ2v) is 2.74. The fourth-order valence-corrected chi connectivity index (χ4v) is 0.908. The molecule has 0 radical (unpaired) electrons. The molecule has 0 aromatic heterocycles. The van der Waals surface area contributed by atoms with Gasteiger partial charge in [-0.15, -0.1) is 0 Å². The molecule has 1 nitrogen and oxygen atoms in total. The molecule has 0 bridgehead atoms. The van der Waals surface area contributed by atoms with Gasteiger partial charge in [0.25, 0.3) is 0 Å². The number of hydrogen-bond donors (Lipinski definition) is 1. The molecule has 1 heteroatoms. The zero-order valence-electron chi connectivity index (χ0n) is 7.34. The summed E-state index contributed by atoms with van der Waals surface area (Å²) in [7, 11) is 0. The Hall–Kier alpha value is -0.720. The van der Waals surface area contributed by atoms with Gasteiger partial charge in [-0.1, -0.05) is 38.8 Å². The Morgan fingerprint density at radius 3 is 2.64 bits per heavy atom. The predicted octanol–water partition coefficient (Wildman–Crippen LogP) is 3.58. The van der Waals surface area contributed by atoms with E-state index in [0.717, 1.165) is 6.42 Å². The van der Waals surface area contributed by atoms with E-state index in [-0.39, 0.29) is 5.76 Å². The Morgan fingerprint density at radius 1 is 1.36 bits per heavy atom. The van der Waals surface area contributed by atoms with Crippen LogP contribution in [0, 0.1) is 0 Å². The lowest BCUT2D eigenvalue weighted by molar-refractivity contribution is 0.435. The van der Waals surface area contributed by atoms with E-state index in [1.54, 1.807) is 6.08 Å². The molecule has 0 aromatic rings. The van der Waals surface area contributed by atoms with E-state index >= 15 is 0 Å². The van der Waals surface area contributed by atoms with E-state index in [2.05, 4.69) is 13.5 Å². The lowest BCUT2D eigenvalue weighted by Gasteiger charge is -1.93. The minimum Gasteiger partial charge on any atom is -0.509 e. The minimum atomic E-state index is 0.153. The van der Waals surface area contributed by atoms with Crippen LogP contribution in [0.3, 0.4) is 0 Å². The van der Waals surface area contributed by atoms with Crippen molar-refractivity contribution in [3.8, 4) is 0 Å². The second-order valence-electron chi connectivity index (χ2n) is 2.74. The van der Waals surface area contributed by atoms with Crippen LogP contribution in [0.2, 0.25) is 0 Å². The zero-order chi connectivity index (χ0) is 8.53. The molecule has 0 fully saturated rings. The van der Waals surface area contributed by atoms with Crippen molar-refractivity contribution in [2.45, 2.75) is 39.0 Å². The summed E-state index contributed by atoms with van der Waals surface area (Å²) in [5, 5.41) is 8.67. The van der Waals surface area contributed by atoms with Crippen LogP contribution in [0.1, 0.15) is 39.0 Å². The third-order valence-corrected chi connectivity index (χ3v) is 1.53. The summed E-state index contributed by atoms with van der Waals surface area (Å²) < 4.78 is 0. The van der Waals surface area contributed by atoms with Crippen LogP contribution in [0.5, 0.6) is 0 Å². The average Bonchev–Trinajstić information content (AvgIpc) is 1.96. The molecule has 0 spiro atoms. The van der Waals surface area contributed by atoms with Gasteiger partial charge >= 0.3 is 0 Å². The number of aliphatic hydroxyl groups is 1. The highest BCUT2D eigenvalue weighted by Gasteiger charge is 1.84. The van der Waals surface area contributed by atoms with Crippen molar-refractivity contribution in [3.63, 3.8) is 0 Å². The van der Waals surface area contributed by atoms with E-state index in [4.69, 9.17) is 5.11 Å². The van der Waals surface area contributed by atoms with E-state index in [1.807, 2.05) is 6.08 Å². The topological polar surface area (TPSA) is 20.2 Å². The fourth-order valence-electron chi connectivity index (χ4n) is 0.908. The molecule has 11 heavy (non-hydrogen) atoms. The number of rotatable bonds is 6. The van der Waals surface area contributed by atoms with Gasteiger partial charge < -0.3 is 5.11 Å². The second kappa shape index (κ2) is 7.39. The van der Waals surface area contributed by atoms with Gasteiger partial charge in [-0.05, 0) is 18.9 Å². The van der Waals surface area contributed by atoms with Gasteiger partial charge in [0.1, 0.15) is 5.76 Å². The van der Waals surface area contributed by atoms with E-state index in [0.29, 0.717) is 0 Å². The maximum Gasteiger partial charge on any atom is 0.108 e. The first-order chi connectivity index (χ1) is 5.27. The fraction of sp³-hybridized carbons (Fsp3) is 0.600. The third kappa shape index (κ3) is 9.28. The van der Waals surface area contributed by atoms with Crippen LogP contribution < -0.4 is 0 Å². The minimum absolute atomic E-state index is 0.153. The smallest absolute Gasteiger partial charge is 0.108 e. The van der Waals surface area contributed by atoms with Crippen molar-refractivity contribution in [1.82, 2.24) is 0 Å². The summed E-state index contributed by atoms with van der Waals surface area (Å²) in [6.07, 6.45) is 9.78. The summed E-state index contributed by atoms with van der Waals surface area (Å²) >= 11 is 0. The number of aliphatic hydroxyl groups excluding tert-OH is 1. The van der Waals surface area contributed by atoms with Crippen molar-refractivity contribution >= 4 is 0 Å². The Bertz CT molecular complexity index is 125. The van der Waals surface area contributed by atoms with Gasteiger partial charge in [0, 0.05) is 0 Å². The van der Waals surface area contributed by atoms with Crippen LogP contribution in [0.15, 0.2) is 24.5 Å². The normalized spacial score (nSPS) is 10.6. The highest BCUT2D eigenvalue weighted by atomic mass is 16.3. The van der Waals surface area contributed by atoms with Gasteiger partial charge in [-0.3, -0.25) is 0 Å². The molecule has 1 N–H and O–H groups in total. The summed E-state index contributed by atoms with van der Waals surface area (Å²) in [6, 6.07) is 0. The maximum absolute atomic E-state index is 8.67. The molecule has 0 atom stereocenters. The number of hydrogen-bond acceptors (Lipinski definition) is 1. The SMILES string of the molecule is C=C(O)C=CCCCCCC. The third-order valence-electron chi connectivity index (χ3n) is 1.53. The van der Waals surface area contributed by atoms with Crippen LogP contribution in [0.25, 0.3) is 0 Å². The summed E-state index contributed by atoms with van der Waals surface area (Å²) in [6.45, 7) is 5.56. The van der Waals surface area contributed by atoms with Crippen LogP contribution >= 0.6 is 0 Å². The average molecular weight is 154 g/mol. The Kier molecular flexibility index (Phi) is 6.90. The number of allylic oxidation sites excluding steroid dienone is 2. The quantitative estimate of drug-likeness (QED) is 0.352. The van der Waals surface area contributed by atoms with E-state index < -0.39 is 0 Å². The van der Waals surface area contributed by atoms with Crippen molar-refractivity contribution in [1.29, 1.82) is 0 Å². The molecule has 0 saturated heterocycles. The molecular formula is C10H18O. The Labute approximate surface area is 69.4 Å². The van der Waals surface area contributed by atoms with Gasteiger partial charge in [-0.25, -0.2) is 0 Å². The van der Waals surface area contributed by atoms with E-state index in [1.165, 1.54) is 25.7 Å². The van der Waals surface area contributed by atoms with Crippen molar-refractivity contribution in [3.05, 3.63) is 24.5 Å². The molecule has 64 valence electrons. The first-order valence-corrected chi connectivity index (χ1v) is 4.31. The van der Waals surface area contributed by atoms with Crippen molar-refractivity contribution in [2.24, 2.45) is 0 Å². The summed E-state index contributed by atoms with van der Waals surface area (Å²) in [5.41, 5.74) is 0. The molecule has 0 aliphatic heterocycles. The standard InChI is InChI=1S/C10H18O/c1-3-4-5-6-7-8-9-10(2)11/h8-9,11H,2-7H2,1H3. The van der Waals surface area contributed by atoms with Gasteiger partial charge in [-0.2, -0.15) is 0 Å². The number of unbranched alkanes of at least 4 members (excludes halogenated alkanes) is 4. The molecule has 0 aliphatic rings. The first-order valence-electron chi connectivity index (χ1n) is 4.31. The van der Waals surface area contributed by atoms with Gasteiger partial charge in [0.2, 0.25) is 0 Å². The molecular weight excluding hydrogens is 136 g/mol. The Morgan fingerprint density at radius 2 is 2.09 bits per heavy atom. The monoisotopic (exact) mass is 154 g/mol. The van der Waals surface area contributed by atoms with Crippen molar-refractivity contribution in [2.75, 3.05) is 0 Å². The predicted molar refractivity (Wildman–Crippen MR) is 49.7 cm³/mol. The molecule has 0 rings (SSSR count). The van der Waals surface area contributed by atoms with Crippen LogP contribution in [-0.4, -0.2) is 5.11 Å². The molecule has 0 saturated carbocycles. The molecule has 0 aliphatic carbocycles. The molecule has 0 heterocycles. The van der Waals surface area contributed by atoms with Crippen LogP contribution in [-0.2, 0) is 0 Å². The van der Waals surface area contributed by atoms with E-state index in [9.17, 15) is 0 Å². The maximum atomic E-state index is 8.67. The lowest BCUT2D eigenvalue weighted by Crippen LogP contribution is -1.74. The van der Waals surface area contributed by atoms with Crippen molar-refractivity contribution < 1.29 is 5.11 Å². The largest absolute Gasteiger partial charge is 0.509 e. The molecule has 0 unspecified atom stereocenters. The highest BCUT2D eigenvalue weighted by molar-refractivity contribution is 5.04. The van der Waals surface area contributed by atoms with Gasteiger partial charge in [0.05, 0.1) is 0 Å². The molecule has 0 amide bonds. The van der Waals surface area contributed by atoms with Gasteiger partial charge in [0.15, 0.2) is 0 Å². The summed E-state index contributed by atoms with van der Waals surface area (Å²) in [5.74, 6) is 0.153. The zero-order valence-corrected chi connectivity index (χ0v) is 7.34. The Balaban J connectivity index is 3.07. The summed E-state index contributed by atoms with van der Waals surface area (Å²) in [4.78, 5) is 0. The molecule has 0 aromatic carbocycles. The first kappa shape index (κ1) is 10.3. The van der Waals surface area contributed by atoms with Crippen LogP contribution in [0.4, 0.5) is 0 Å².